The molecule has 4 heteroatoms. The van der Waals surface area contributed by atoms with Gasteiger partial charge in [-0.25, -0.2) is 4.39 Å². The summed E-state index contributed by atoms with van der Waals surface area (Å²) in [5.41, 5.74) is 8.94. The van der Waals surface area contributed by atoms with Gasteiger partial charge in [0.15, 0.2) is 0 Å². The van der Waals surface area contributed by atoms with Crippen LogP contribution in [0.3, 0.4) is 0 Å². The Morgan fingerprint density at radius 2 is 2.07 bits per heavy atom. The summed E-state index contributed by atoms with van der Waals surface area (Å²) in [6.45, 7) is 0.453. The first kappa shape index (κ1) is 10.3. The lowest BCUT2D eigenvalue weighted by Gasteiger charge is -1.91. The van der Waals surface area contributed by atoms with Crippen molar-refractivity contribution in [2.24, 2.45) is 5.11 Å². The molecule has 1 rings (SSSR count). The Morgan fingerprint density at radius 3 is 2.71 bits per heavy atom. The first-order chi connectivity index (χ1) is 6.83. The van der Waals surface area contributed by atoms with Crippen LogP contribution >= 0.6 is 0 Å². The van der Waals surface area contributed by atoms with E-state index in [1.165, 1.54) is 12.1 Å². The van der Waals surface area contributed by atoms with Gasteiger partial charge in [0, 0.05) is 11.5 Å². The highest BCUT2D eigenvalue weighted by Crippen LogP contribution is 2.04. The van der Waals surface area contributed by atoms with Crippen LogP contribution in [0.1, 0.15) is 12.0 Å². The third kappa shape index (κ3) is 3.74. The third-order valence-electron chi connectivity index (χ3n) is 1.64. The highest BCUT2D eigenvalue weighted by Gasteiger charge is 1.87. The molecule has 1 aromatic carbocycles. The van der Waals surface area contributed by atoms with Gasteiger partial charge in [-0.2, -0.15) is 0 Å². The molecule has 0 atom stereocenters. The topological polar surface area (TPSA) is 48.8 Å². The van der Waals surface area contributed by atoms with Crippen molar-refractivity contribution in [1.29, 1.82) is 0 Å². The van der Waals surface area contributed by atoms with Gasteiger partial charge in [0.2, 0.25) is 0 Å². The summed E-state index contributed by atoms with van der Waals surface area (Å²) in [4.78, 5) is 2.63. The van der Waals surface area contributed by atoms with Crippen molar-refractivity contribution in [2.45, 2.75) is 6.42 Å². The summed E-state index contributed by atoms with van der Waals surface area (Å²) < 4.78 is 12.5. The van der Waals surface area contributed by atoms with Crippen molar-refractivity contribution in [3.63, 3.8) is 0 Å². The van der Waals surface area contributed by atoms with Crippen LogP contribution in [-0.2, 0) is 0 Å². The molecule has 0 heterocycles. The lowest BCUT2D eigenvalue weighted by atomic mass is 10.2. The maximum Gasteiger partial charge on any atom is 0.123 e. The Bertz CT molecular complexity index is 350. The van der Waals surface area contributed by atoms with E-state index in [9.17, 15) is 4.39 Å². The molecule has 0 spiro atoms. The smallest absolute Gasteiger partial charge is 0.123 e. The molecule has 0 aliphatic carbocycles. The van der Waals surface area contributed by atoms with E-state index in [1.54, 1.807) is 12.1 Å². The van der Waals surface area contributed by atoms with Crippen LogP contribution < -0.4 is 0 Å². The molecule has 0 aromatic heterocycles. The van der Waals surface area contributed by atoms with E-state index >= 15 is 0 Å². The lowest BCUT2D eigenvalue weighted by molar-refractivity contribution is 0.628. The molecular formula is C10H10FN3. The van der Waals surface area contributed by atoms with Gasteiger partial charge in [-0.05, 0) is 29.6 Å². The molecule has 0 fully saturated rings. The van der Waals surface area contributed by atoms with E-state index in [0.717, 1.165) is 5.56 Å². The molecular weight excluding hydrogens is 181 g/mol. The molecule has 0 unspecified atom stereocenters. The number of nitrogens with zero attached hydrogens (tertiary/aromatic N) is 3. The first-order valence-corrected chi connectivity index (χ1v) is 4.26. The fourth-order valence-electron chi connectivity index (χ4n) is 0.970. The number of hydrogen-bond donors (Lipinski definition) is 0. The molecule has 0 bridgehead atoms. The standard InChI is InChI=1S/C10H10FN3/c11-10-6-4-9(5-7-10)3-1-2-8-13-14-12/h1,3-7H,2,8H2/b3-1+. The Labute approximate surface area is 81.5 Å². The van der Waals surface area contributed by atoms with E-state index in [2.05, 4.69) is 10.0 Å². The second kappa shape index (κ2) is 5.78. The van der Waals surface area contributed by atoms with E-state index in [-0.39, 0.29) is 5.82 Å². The van der Waals surface area contributed by atoms with Crippen molar-refractivity contribution in [3.8, 4) is 0 Å². The number of hydrogen-bond acceptors (Lipinski definition) is 1. The molecule has 0 radical (unpaired) electrons. The maximum atomic E-state index is 12.5. The van der Waals surface area contributed by atoms with Crippen molar-refractivity contribution >= 4 is 6.08 Å². The zero-order valence-electron chi connectivity index (χ0n) is 7.60. The number of rotatable bonds is 4. The fourth-order valence-corrected chi connectivity index (χ4v) is 0.970. The quantitative estimate of drug-likeness (QED) is 0.302. The Morgan fingerprint density at radius 1 is 1.36 bits per heavy atom. The van der Waals surface area contributed by atoms with Crippen LogP contribution in [0.25, 0.3) is 16.5 Å². The van der Waals surface area contributed by atoms with Gasteiger partial charge in [0.25, 0.3) is 0 Å². The minimum absolute atomic E-state index is 0.240. The molecule has 1 aromatic rings. The Balaban J connectivity index is 2.43. The van der Waals surface area contributed by atoms with Crippen LogP contribution in [0, 0.1) is 5.82 Å². The van der Waals surface area contributed by atoms with Crippen molar-refractivity contribution in [1.82, 2.24) is 0 Å². The van der Waals surface area contributed by atoms with Crippen LogP contribution in [0.2, 0.25) is 0 Å². The van der Waals surface area contributed by atoms with Crippen molar-refractivity contribution < 1.29 is 4.39 Å². The molecule has 0 aliphatic heterocycles. The zero-order valence-corrected chi connectivity index (χ0v) is 7.60. The average Bonchev–Trinajstić information content (AvgIpc) is 2.21. The fraction of sp³-hybridized carbons (Fsp3) is 0.200. The Kier molecular flexibility index (Phi) is 4.24. The second-order valence-corrected chi connectivity index (χ2v) is 2.70. The first-order valence-electron chi connectivity index (χ1n) is 4.26. The minimum atomic E-state index is -0.240. The molecule has 14 heavy (non-hydrogen) atoms. The van der Waals surface area contributed by atoms with Crippen molar-refractivity contribution in [2.75, 3.05) is 6.54 Å². The van der Waals surface area contributed by atoms with Crippen LogP contribution in [0.15, 0.2) is 35.5 Å². The summed E-state index contributed by atoms with van der Waals surface area (Å²) >= 11 is 0. The van der Waals surface area contributed by atoms with Gasteiger partial charge in [0.1, 0.15) is 5.82 Å². The van der Waals surface area contributed by atoms with Gasteiger partial charge < -0.3 is 0 Å². The maximum absolute atomic E-state index is 12.5. The van der Waals surface area contributed by atoms with Gasteiger partial charge in [0.05, 0.1) is 0 Å². The number of benzene rings is 1. The summed E-state index contributed by atoms with van der Waals surface area (Å²) in [5.74, 6) is -0.240. The van der Waals surface area contributed by atoms with Crippen LogP contribution in [-0.4, -0.2) is 6.54 Å². The lowest BCUT2D eigenvalue weighted by Crippen LogP contribution is -1.76. The summed E-state index contributed by atoms with van der Waals surface area (Å²) in [7, 11) is 0. The highest BCUT2D eigenvalue weighted by molar-refractivity contribution is 5.48. The minimum Gasteiger partial charge on any atom is -0.207 e. The van der Waals surface area contributed by atoms with Gasteiger partial charge in [-0.15, -0.1) is 0 Å². The summed E-state index contributed by atoms with van der Waals surface area (Å²) in [6, 6.07) is 6.21. The average molecular weight is 191 g/mol. The molecule has 72 valence electrons. The van der Waals surface area contributed by atoms with Crippen molar-refractivity contribution in [3.05, 3.63) is 52.2 Å². The number of halogens is 1. The molecule has 0 saturated heterocycles. The zero-order chi connectivity index (χ0) is 10.2. The SMILES string of the molecule is [N-]=[N+]=NCC/C=C/c1ccc(F)cc1. The van der Waals surface area contributed by atoms with Gasteiger partial charge in [-0.3, -0.25) is 0 Å². The normalized spacial score (nSPS) is 10.1. The van der Waals surface area contributed by atoms with E-state index < -0.39 is 0 Å². The van der Waals surface area contributed by atoms with Crippen LogP contribution in [0.5, 0.6) is 0 Å². The predicted octanol–water partition coefficient (Wildman–Crippen LogP) is 3.54. The van der Waals surface area contributed by atoms with E-state index in [4.69, 9.17) is 5.53 Å². The molecule has 3 nitrogen and oxygen atoms in total. The Hall–Kier alpha value is -1.80. The summed E-state index contributed by atoms with van der Waals surface area (Å²) in [6.07, 6.45) is 4.45. The second-order valence-electron chi connectivity index (χ2n) is 2.70. The van der Waals surface area contributed by atoms with Crippen LogP contribution in [0.4, 0.5) is 4.39 Å². The van der Waals surface area contributed by atoms with E-state index in [0.29, 0.717) is 13.0 Å². The largest absolute Gasteiger partial charge is 0.207 e. The molecule has 0 aliphatic rings. The molecule has 0 saturated carbocycles. The van der Waals surface area contributed by atoms with E-state index in [1.807, 2.05) is 12.2 Å². The molecule has 0 amide bonds. The third-order valence-corrected chi connectivity index (χ3v) is 1.64. The monoisotopic (exact) mass is 191 g/mol. The number of azide groups is 1. The van der Waals surface area contributed by atoms with Gasteiger partial charge in [-0.1, -0.05) is 29.4 Å². The summed E-state index contributed by atoms with van der Waals surface area (Å²) in [5, 5.41) is 3.39. The highest BCUT2D eigenvalue weighted by atomic mass is 19.1. The molecule has 0 N–H and O–H groups in total. The van der Waals surface area contributed by atoms with Gasteiger partial charge >= 0.3 is 0 Å². The predicted molar refractivity (Wildman–Crippen MR) is 54.1 cm³/mol.